The van der Waals surface area contributed by atoms with Crippen molar-refractivity contribution < 1.29 is 9.53 Å². The molecular formula is C22H20N2O2S. The predicted octanol–water partition coefficient (Wildman–Crippen LogP) is 4.71. The van der Waals surface area contributed by atoms with Crippen LogP contribution < -0.4 is 9.64 Å². The summed E-state index contributed by atoms with van der Waals surface area (Å²) in [5, 5.41) is 3.11. The molecule has 5 heteroatoms. The number of carbonyl (C=O) groups excluding carboxylic acids is 1. The molecule has 27 heavy (non-hydrogen) atoms. The van der Waals surface area contributed by atoms with Crippen LogP contribution in [-0.4, -0.2) is 24.0 Å². The highest BCUT2D eigenvalue weighted by molar-refractivity contribution is 7.13. The summed E-state index contributed by atoms with van der Waals surface area (Å²) in [5.74, 6) is 1.11. The molecule has 5 rings (SSSR count). The van der Waals surface area contributed by atoms with Gasteiger partial charge in [-0.2, -0.15) is 0 Å². The molecule has 2 aliphatic rings. The van der Waals surface area contributed by atoms with E-state index in [4.69, 9.17) is 9.72 Å². The van der Waals surface area contributed by atoms with Crippen molar-refractivity contribution in [1.82, 2.24) is 4.98 Å². The quantitative estimate of drug-likeness (QED) is 0.662. The average molecular weight is 376 g/mol. The highest BCUT2D eigenvalue weighted by Crippen LogP contribution is 2.40. The molecule has 1 aromatic heterocycles. The third-order valence-electron chi connectivity index (χ3n) is 5.22. The van der Waals surface area contributed by atoms with Crippen LogP contribution in [-0.2, 0) is 17.6 Å². The Kier molecular flexibility index (Phi) is 3.97. The molecule has 2 aromatic carbocycles. The number of benzene rings is 2. The van der Waals surface area contributed by atoms with E-state index < -0.39 is 0 Å². The summed E-state index contributed by atoms with van der Waals surface area (Å²) >= 11 is 1.65. The molecule has 136 valence electrons. The Balaban J connectivity index is 1.48. The SMILES string of the molecule is CCOc1ccc(-c2nc(-c3cc4c5c(c3)CC(=O)N5CCC4)cs2)cc1. The van der Waals surface area contributed by atoms with Crippen LogP contribution in [0.25, 0.3) is 21.8 Å². The van der Waals surface area contributed by atoms with Gasteiger partial charge >= 0.3 is 0 Å². The summed E-state index contributed by atoms with van der Waals surface area (Å²) in [6.45, 7) is 3.51. The Morgan fingerprint density at radius 3 is 2.78 bits per heavy atom. The fourth-order valence-electron chi connectivity index (χ4n) is 4.03. The molecule has 0 radical (unpaired) electrons. The van der Waals surface area contributed by atoms with Crippen molar-refractivity contribution in [3.05, 3.63) is 52.9 Å². The topological polar surface area (TPSA) is 42.4 Å². The number of anilines is 1. The van der Waals surface area contributed by atoms with Gasteiger partial charge in [0.1, 0.15) is 10.8 Å². The number of ether oxygens (including phenoxy) is 1. The average Bonchev–Trinajstić information content (AvgIpc) is 3.29. The van der Waals surface area contributed by atoms with E-state index in [-0.39, 0.29) is 5.91 Å². The van der Waals surface area contributed by atoms with E-state index in [0.717, 1.165) is 58.2 Å². The summed E-state index contributed by atoms with van der Waals surface area (Å²) < 4.78 is 5.51. The molecule has 3 aromatic rings. The smallest absolute Gasteiger partial charge is 0.231 e. The van der Waals surface area contributed by atoms with E-state index in [0.29, 0.717) is 13.0 Å². The molecule has 0 unspecified atom stereocenters. The summed E-state index contributed by atoms with van der Waals surface area (Å²) in [4.78, 5) is 19.1. The zero-order valence-electron chi connectivity index (χ0n) is 15.2. The molecule has 2 aliphatic heterocycles. The lowest BCUT2D eigenvalue weighted by Gasteiger charge is -2.25. The number of thiazole rings is 1. The summed E-state index contributed by atoms with van der Waals surface area (Å²) in [6.07, 6.45) is 2.60. The normalized spacial score (nSPS) is 15.1. The first-order valence-electron chi connectivity index (χ1n) is 9.38. The van der Waals surface area contributed by atoms with Gasteiger partial charge in [0.05, 0.1) is 24.4 Å². The Labute approximate surface area is 162 Å². The van der Waals surface area contributed by atoms with E-state index in [1.807, 2.05) is 24.0 Å². The van der Waals surface area contributed by atoms with Gasteiger partial charge in [-0.05, 0) is 67.3 Å². The van der Waals surface area contributed by atoms with Crippen LogP contribution in [0.4, 0.5) is 5.69 Å². The van der Waals surface area contributed by atoms with Gasteiger partial charge in [-0.1, -0.05) is 0 Å². The monoisotopic (exact) mass is 376 g/mol. The van der Waals surface area contributed by atoms with Crippen LogP contribution in [0.5, 0.6) is 5.75 Å². The number of carbonyl (C=O) groups is 1. The minimum atomic E-state index is 0.233. The van der Waals surface area contributed by atoms with Gasteiger partial charge in [0, 0.05) is 23.1 Å². The van der Waals surface area contributed by atoms with E-state index in [2.05, 4.69) is 29.6 Å². The van der Waals surface area contributed by atoms with Gasteiger partial charge < -0.3 is 9.64 Å². The van der Waals surface area contributed by atoms with Crippen molar-refractivity contribution in [2.75, 3.05) is 18.1 Å². The van der Waals surface area contributed by atoms with Gasteiger partial charge in [0.25, 0.3) is 0 Å². The minimum absolute atomic E-state index is 0.233. The lowest BCUT2D eigenvalue weighted by atomic mass is 9.96. The van der Waals surface area contributed by atoms with Crippen LogP contribution in [0.3, 0.4) is 0 Å². The van der Waals surface area contributed by atoms with Gasteiger partial charge in [-0.25, -0.2) is 4.98 Å². The van der Waals surface area contributed by atoms with Crippen LogP contribution in [0, 0.1) is 0 Å². The maximum atomic E-state index is 12.3. The molecule has 0 aliphatic carbocycles. The van der Waals surface area contributed by atoms with Gasteiger partial charge in [0.2, 0.25) is 5.91 Å². The first-order chi connectivity index (χ1) is 13.2. The number of aryl methyl sites for hydroxylation is 1. The standard InChI is InChI=1S/C22H20N2O2S/c1-2-26-18-7-5-14(6-8-18)22-23-19(13-27-22)16-10-15-4-3-9-24-20(25)12-17(11-16)21(15)24/h5-8,10-11,13H,2-4,9,12H2,1H3. The Hall–Kier alpha value is -2.66. The highest BCUT2D eigenvalue weighted by atomic mass is 32.1. The number of aromatic nitrogens is 1. The van der Waals surface area contributed by atoms with Crippen molar-refractivity contribution >= 4 is 22.9 Å². The largest absolute Gasteiger partial charge is 0.494 e. The molecule has 0 N–H and O–H groups in total. The van der Waals surface area contributed by atoms with E-state index in [9.17, 15) is 4.79 Å². The van der Waals surface area contributed by atoms with Crippen LogP contribution in [0.1, 0.15) is 24.5 Å². The maximum absolute atomic E-state index is 12.3. The Morgan fingerprint density at radius 1 is 1.15 bits per heavy atom. The lowest BCUT2D eigenvalue weighted by Crippen LogP contribution is -2.31. The van der Waals surface area contributed by atoms with Crippen molar-refractivity contribution in [2.24, 2.45) is 0 Å². The first-order valence-corrected chi connectivity index (χ1v) is 10.3. The minimum Gasteiger partial charge on any atom is -0.494 e. The van der Waals surface area contributed by atoms with E-state index in [1.54, 1.807) is 11.3 Å². The van der Waals surface area contributed by atoms with E-state index >= 15 is 0 Å². The van der Waals surface area contributed by atoms with E-state index in [1.165, 1.54) is 5.56 Å². The number of rotatable bonds is 4. The third-order valence-corrected chi connectivity index (χ3v) is 6.11. The molecular weight excluding hydrogens is 356 g/mol. The van der Waals surface area contributed by atoms with Crippen molar-refractivity contribution in [2.45, 2.75) is 26.2 Å². The Bertz CT molecular complexity index is 1020. The molecule has 3 heterocycles. The number of amides is 1. The van der Waals surface area contributed by atoms with Gasteiger partial charge in [-0.3, -0.25) is 4.79 Å². The molecule has 0 fully saturated rings. The number of hydrogen-bond acceptors (Lipinski definition) is 4. The van der Waals surface area contributed by atoms with Crippen molar-refractivity contribution in [1.29, 1.82) is 0 Å². The summed E-state index contributed by atoms with van der Waals surface area (Å²) in [5.41, 5.74) is 6.81. The van der Waals surface area contributed by atoms with Crippen molar-refractivity contribution in [3.8, 4) is 27.6 Å². The summed E-state index contributed by atoms with van der Waals surface area (Å²) in [6, 6.07) is 12.5. The zero-order chi connectivity index (χ0) is 18.4. The second-order valence-electron chi connectivity index (χ2n) is 6.96. The Morgan fingerprint density at radius 2 is 1.96 bits per heavy atom. The maximum Gasteiger partial charge on any atom is 0.231 e. The molecule has 0 spiro atoms. The van der Waals surface area contributed by atoms with Crippen LogP contribution in [0.15, 0.2) is 41.8 Å². The number of hydrogen-bond donors (Lipinski definition) is 0. The second kappa shape index (κ2) is 6.50. The zero-order valence-corrected chi connectivity index (χ0v) is 16.0. The lowest BCUT2D eigenvalue weighted by molar-refractivity contribution is -0.117. The number of nitrogens with zero attached hydrogens (tertiary/aromatic N) is 2. The fraction of sp³-hybridized carbons (Fsp3) is 0.273. The second-order valence-corrected chi connectivity index (χ2v) is 7.82. The summed E-state index contributed by atoms with van der Waals surface area (Å²) in [7, 11) is 0. The third kappa shape index (κ3) is 2.82. The van der Waals surface area contributed by atoms with Crippen LogP contribution in [0.2, 0.25) is 0 Å². The van der Waals surface area contributed by atoms with Gasteiger partial charge in [-0.15, -0.1) is 11.3 Å². The molecule has 0 saturated carbocycles. The first kappa shape index (κ1) is 16.5. The molecule has 1 amide bonds. The van der Waals surface area contributed by atoms with Crippen LogP contribution >= 0.6 is 11.3 Å². The highest BCUT2D eigenvalue weighted by Gasteiger charge is 2.32. The predicted molar refractivity (Wildman–Crippen MR) is 109 cm³/mol. The fourth-order valence-corrected chi connectivity index (χ4v) is 4.86. The molecule has 0 bridgehead atoms. The van der Waals surface area contributed by atoms with Crippen molar-refractivity contribution in [3.63, 3.8) is 0 Å². The molecule has 4 nitrogen and oxygen atoms in total. The molecule has 0 saturated heterocycles. The molecule has 0 atom stereocenters. The van der Waals surface area contributed by atoms with Gasteiger partial charge in [0.15, 0.2) is 0 Å².